The Morgan fingerprint density at radius 2 is 2.07 bits per heavy atom. The van der Waals surface area contributed by atoms with Crippen LogP contribution in [0.25, 0.3) is 0 Å². The zero-order valence-corrected chi connectivity index (χ0v) is 10.1. The number of likely N-dealkylation sites (N-methyl/N-ethyl adjacent to an activating group) is 1. The molecular weight excluding hydrogens is 258 g/mol. The summed E-state index contributed by atoms with van der Waals surface area (Å²) in [6.07, 6.45) is 1.37. The van der Waals surface area contributed by atoms with Crippen molar-refractivity contribution in [3.8, 4) is 0 Å². The topological polar surface area (TPSA) is 49.3 Å². The van der Waals surface area contributed by atoms with Crippen molar-refractivity contribution >= 4 is 21.9 Å². The molecule has 3 nitrogen and oxygen atoms in total. The highest BCUT2D eigenvalue weighted by molar-refractivity contribution is 9.10. The summed E-state index contributed by atoms with van der Waals surface area (Å²) >= 11 is 3.36. The molecule has 1 aromatic rings. The zero-order chi connectivity index (χ0) is 11.3. The van der Waals surface area contributed by atoms with Gasteiger partial charge in [-0.05, 0) is 37.6 Å². The molecule has 0 aliphatic rings. The molecule has 0 aliphatic heterocycles. The van der Waals surface area contributed by atoms with Crippen LogP contribution in [0.5, 0.6) is 0 Å². The lowest BCUT2D eigenvalue weighted by Crippen LogP contribution is -2.34. The van der Waals surface area contributed by atoms with Crippen LogP contribution in [-0.4, -0.2) is 24.2 Å². The number of carboxylic acid groups (broad SMARTS) is 1. The predicted octanol–water partition coefficient (Wildman–Crippen LogP) is 2.05. The van der Waals surface area contributed by atoms with Crippen LogP contribution >= 0.6 is 15.9 Å². The van der Waals surface area contributed by atoms with Crippen molar-refractivity contribution in [1.29, 1.82) is 0 Å². The van der Waals surface area contributed by atoms with E-state index in [1.807, 2.05) is 24.3 Å². The Morgan fingerprint density at radius 1 is 1.47 bits per heavy atom. The van der Waals surface area contributed by atoms with Gasteiger partial charge in [-0.25, -0.2) is 0 Å². The minimum atomic E-state index is -0.797. The SMILES string of the molecule is CNC(CCc1ccc(Br)cc1)C(=O)O. The molecule has 0 radical (unpaired) electrons. The largest absolute Gasteiger partial charge is 0.480 e. The Bertz CT molecular complexity index is 324. The highest BCUT2D eigenvalue weighted by Crippen LogP contribution is 2.12. The summed E-state index contributed by atoms with van der Waals surface area (Å²) in [5.74, 6) is -0.797. The van der Waals surface area contributed by atoms with Crippen molar-refractivity contribution < 1.29 is 9.90 Å². The van der Waals surface area contributed by atoms with Crippen LogP contribution in [0.4, 0.5) is 0 Å². The number of hydrogen-bond acceptors (Lipinski definition) is 2. The first-order valence-corrected chi connectivity index (χ1v) is 5.57. The molecule has 0 spiro atoms. The van der Waals surface area contributed by atoms with E-state index in [0.29, 0.717) is 6.42 Å². The second-order valence-electron chi connectivity index (χ2n) is 3.34. The molecule has 0 bridgehead atoms. The zero-order valence-electron chi connectivity index (χ0n) is 8.53. The molecule has 1 rings (SSSR count). The Morgan fingerprint density at radius 3 is 2.53 bits per heavy atom. The van der Waals surface area contributed by atoms with Gasteiger partial charge in [0, 0.05) is 4.47 Å². The van der Waals surface area contributed by atoms with E-state index in [-0.39, 0.29) is 0 Å². The van der Waals surface area contributed by atoms with Gasteiger partial charge in [0.05, 0.1) is 0 Å². The normalized spacial score (nSPS) is 12.4. The number of carboxylic acids is 1. The van der Waals surface area contributed by atoms with Crippen molar-refractivity contribution in [3.05, 3.63) is 34.3 Å². The summed E-state index contributed by atoms with van der Waals surface area (Å²) in [4.78, 5) is 10.7. The van der Waals surface area contributed by atoms with Gasteiger partial charge in [-0.2, -0.15) is 0 Å². The Hall–Kier alpha value is -0.870. The fourth-order valence-electron chi connectivity index (χ4n) is 1.35. The summed E-state index contributed by atoms with van der Waals surface area (Å²) in [5, 5.41) is 11.6. The van der Waals surface area contributed by atoms with Crippen molar-refractivity contribution in [2.75, 3.05) is 7.05 Å². The maximum Gasteiger partial charge on any atom is 0.320 e. The van der Waals surface area contributed by atoms with Gasteiger partial charge >= 0.3 is 5.97 Å². The van der Waals surface area contributed by atoms with Gasteiger partial charge in [0.15, 0.2) is 0 Å². The predicted molar refractivity (Wildman–Crippen MR) is 62.9 cm³/mol. The van der Waals surface area contributed by atoms with Gasteiger partial charge in [-0.1, -0.05) is 28.1 Å². The maximum absolute atomic E-state index is 10.7. The van der Waals surface area contributed by atoms with E-state index in [0.717, 1.165) is 16.5 Å². The minimum absolute atomic E-state index is 0.464. The fourth-order valence-corrected chi connectivity index (χ4v) is 1.62. The number of aliphatic carboxylic acids is 1. The van der Waals surface area contributed by atoms with Crippen molar-refractivity contribution in [3.63, 3.8) is 0 Å². The van der Waals surface area contributed by atoms with Gasteiger partial charge < -0.3 is 10.4 Å². The Balaban J connectivity index is 2.49. The molecule has 1 unspecified atom stereocenters. The molecular formula is C11H14BrNO2. The van der Waals surface area contributed by atoms with Crippen molar-refractivity contribution in [2.45, 2.75) is 18.9 Å². The van der Waals surface area contributed by atoms with E-state index in [1.54, 1.807) is 7.05 Å². The van der Waals surface area contributed by atoms with Crippen LogP contribution in [0.3, 0.4) is 0 Å². The molecule has 0 amide bonds. The van der Waals surface area contributed by atoms with Crippen LogP contribution in [0, 0.1) is 0 Å². The number of hydrogen-bond donors (Lipinski definition) is 2. The molecule has 0 fully saturated rings. The third-order valence-corrected chi connectivity index (χ3v) is 2.81. The molecule has 4 heteroatoms. The van der Waals surface area contributed by atoms with E-state index < -0.39 is 12.0 Å². The highest BCUT2D eigenvalue weighted by Gasteiger charge is 2.13. The molecule has 0 saturated heterocycles. The second kappa shape index (κ2) is 5.88. The molecule has 0 heterocycles. The molecule has 0 aromatic heterocycles. The lowest BCUT2D eigenvalue weighted by Gasteiger charge is -2.10. The molecule has 1 aromatic carbocycles. The summed E-state index contributed by atoms with van der Waals surface area (Å²) in [5.41, 5.74) is 1.15. The highest BCUT2D eigenvalue weighted by atomic mass is 79.9. The standard InChI is InChI=1S/C11H14BrNO2/c1-13-10(11(14)15)7-4-8-2-5-9(12)6-3-8/h2-3,5-6,10,13H,4,7H2,1H3,(H,14,15). The first-order chi connectivity index (χ1) is 7.13. The molecule has 2 N–H and O–H groups in total. The van der Waals surface area contributed by atoms with Crippen LogP contribution in [0.1, 0.15) is 12.0 Å². The number of nitrogens with one attached hydrogen (secondary N) is 1. The van der Waals surface area contributed by atoms with Crippen molar-refractivity contribution in [1.82, 2.24) is 5.32 Å². The third-order valence-electron chi connectivity index (χ3n) is 2.28. The summed E-state index contributed by atoms with van der Waals surface area (Å²) < 4.78 is 1.04. The smallest absolute Gasteiger partial charge is 0.320 e. The van der Waals surface area contributed by atoms with E-state index in [2.05, 4.69) is 21.2 Å². The van der Waals surface area contributed by atoms with E-state index >= 15 is 0 Å². The molecule has 0 saturated carbocycles. The number of carbonyl (C=O) groups is 1. The average molecular weight is 272 g/mol. The molecule has 1 atom stereocenters. The third kappa shape index (κ3) is 4.01. The van der Waals surface area contributed by atoms with Gasteiger partial charge in [-0.15, -0.1) is 0 Å². The van der Waals surface area contributed by atoms with Gasteiger partial charge in [-0.3, -0.25) is 4.79 Å². The van der Waals surface area contributed by atoms with E-state index in [9.17, 15) is 4.79 Å². The van der Waals surface area contributed by atoms with Crippen LogP contribution in [0.2, 0.25) is 0 Å². The average Bonchev–Trinajstić information content (AvgIpc) is 2.21. The summed E-state index contributed by atoms with van der Waals surface area (Å²) in [6, 6.07) is 7.46. The maximum atomic E-state index is 10.7. The molecule has 15 heavy (non-hydrogen) atoms. The fraction of sp³-hybridized carbons (Fsp3) is 0.364. The summed E-state index contributed by atoms with van der Waals surface area (Å²) in [7, 11) is 1.67. The van der Waals surface area contributed by atoms with Crippen LogP contribution in [-0.2, 0) is 11.2 Å². The van der Waals surface area contributed by atoms with Gasteiger partial charge in [0.25, 0.3) is 0 Å². The first kappa shape index (κ1) is 12.2. The Labute approximate surface area is 97.6 Å². The summed E-state index contributed by atoms with van der Waals surface area (Å²) in [6.45, 7) is 0. The monoisotopic (exact) mass is 271 g/mol. The number of rotatable bonds is 5. The lowest BCUT2D eigenvalue weighted by molar-refractivity contribution is -0.139. The van der Waals surface area contributed by atoms with Gasteiger partial charge in [0.1, 0.15) is 6.04 Å². The van der Waals surface area contributed by atoms with Crippen LogP contribution < -0.4 is 5.32 Å². The number of benzene rings is 1. The number of aryl methyl sites for hydroxylation is 1. The Kier molecular flexibility index (Phi) is 4.78. The molecule has 82 valence electrons. The van der Waals surface area contributed by atoms with Crippen LogP contribution in [0.15, 0.2) is 28.7 Å². The van der Waals surface area contributed by atoms with Crippen molar-refractivity contribution in [2.24, 2.45) is 0 Å². The number of halogens is 1. The quantitative estimate of drug-likeness (QED) is 0.862. The lowest BCUT2D eigenvalue weighted by atomic mass is 10.1. The second-order valence-corrected chi connectivity index (χ2v) is 4.26. The van der Waals surface area contributed by atoms with E-state index in [4.69, 9.17) is 5.11 Å². The van der Waals surface area contributed by atoms with E-state index in [1.165, 1.54) is 0 Å². The molecule has 0 aliphatic carbocycles. The van der Waals surface area contributed by atoms with Gasteiger partial charge in [0.2, 0.25) is 0 Å². The minimum Gasteiger partial charge on any atom is -0.480 e. The first-order valence-electron chi connectivity index (χ1n) is 4.78.